The maximum Gasteiger partial charge on any atom is 0.310 e. The highest BCUT2D eigenvalue weighted by Crippen LogP contribution is 2.22. The van der Waals surface area contributed by atoms with Crippen LogP contribution >= 0.6 is 26.8 Å². The SMILES string of the molecule is CC(=O)C(C)N(C)C(=O)C(CC(=O)OPP)NP. The van der Waals surface area contributed by atoms with Crippen LogP contribution in [0.5, 0.6) is 0 Å². The fourth-order valence-electron chi connectivity index (χ4n) is 1.20. The van der Waals surface area contributed by atoms with Crippen LogP contribution < -0.4 is 5.09 Å². The van der Waals surface area contributed by atoms with E-state index in [2.05, 4.69) is 23.4 Å². The van der Waals surface area contributed by atoms with Gasteiger partial charge in [0.15, 0.2) is 5.78 Å². The van der Waals surface area contributed by atoms with Crippen LogP contribution in [0.25, 0.3) is 0 Å². The summed E-state index contributed by atoms with van der Waals surface area (Å²) in [4.78, 5) is 35.9. The lowest BCUT2D eigenvalue weighted by atomic mass is 10.1. The van der Waals surface area contributed by atoms with Gasteiger partial charge in [0.2, 0.25) is 5.91 Å². The van der Waals surface area contributed by atoms with Gasteiger partial charge in [0.25, 0.3) is 0 Å². The second-order valence-electron chi connectivity index (χ2n) is 3.75. The highest BCUT2D eigenvalue weighted by molar-refractivity contribution is 8.00. The first-order chi connectivity index (χ1) is 8.34. The van der Waals surface area contributed by atoms with Gasteiger partial charge >= 0.3 is 5.97 Å². The lowest BCUT2D eigenvalue weighted by Gasteiger charge is -2.26. The van der Waals surface area contributed by atoms with Crippen molar-refractivity contribution in [1.82, 2.24) is 9.99 Å². The third-order valence-electron chi connectivity index (χ3n) is 2.56. The summed E-state index contributed by atoms with van der Waals surface area (Å²) in [6.07, 6.45) is -0.0707. The van der Waals surface area contributed by atoms with Gasteiger partial charge in [0, 0.05) is 7.05 Å². The smallest absolute Gasteiger partial charge is 0.310 e. The Morgan fingerprint density at radius 3 is 2.39 bits per heavy atom. The fraction of sp³-hybridized carbons (Fsp3) is 0.667. The normalized spacial score (nSPS) is 14.3. The molecule has 0 bridgehead atoms. The highest BCUT2D eigenvalue weighted by Gasteiger charge is 2.28. The Bertz CT molecular complexity index is 327. The van der Waals surface area contributed by atoms with Gasteiger partial charge in [-0.2, -0.15) is 0 Å². The van der Waals surface area contributed by atoms with Crippen LogP contribution in [0.2, 0.25) is 0 Å². The number of hydrogen-bond acceptors (Lipinski definition) is 5. The lowest BCUT2D eigenvalue weighted by molar-refractivity contribution is -0.141. The van der Waals surface area contributed by atoms with E-state index in [0.717, 1.165) is 0 Å². The molecule has 1 amide bonds. The van der Waals surface area contributed by atoms with Crippen molar-refractivity contribution >= 4 is 44.5 Å². The van der Waals surface area contributed by atoms with E-state index < -0.39 is 18.1 Å². The van der Waals surface area contributed by atoms with Crippen molar-refractivity contribution in [2.75, 3.05) is 7.05 Å². The van der Waals surface area contributed by atoms with Gasteiger partial charge in [-0.1, -0.05) is 18.3 Å². The molecule has 5 unspecified atom stereocenters. The summed E-state index contributed by atoms with van der Waals surface area (Å²) in [6.45, 7) is 3.06. The van der Waals surface area contributed by atoms with Gasteiger partial charge in [0.1, 0.15) is 6.04 Å². The number of hydrogen-bond donors (Lipinski definition) is 1. The topological polar surface area (TPSA) is 75.7 Å². The van der Waals surface area contributed by atoms with E-state index in [1.807, 2.05) is 0 Å². The van der Waals surface area contributed by atoms with E-state index in [4.69, 9.17) is 4.52 Å². The Hall–Kier alpha value is -0.140. The molecule has 0 saturated carbocycles. The molecule has 0 fully saturated rings. The molecule has 5 atom stereocenters. The van der Waals surface area contributed by atoms with Gasteiger partial charge in [-0.05, 0) is 13.8 Å². The van der Waals surface area contributed by atoms with E-state index in [1.165, 1.54) is 18.9 Å². The minimum Gasteiger partial charge on any atom is -0.444 e. The van der Waals surface area contributed by atoms with Crippen LogP contribution in [0.3, 0.4) is 0 Å². The average molecular weight is 312 g/mol. The van der Waals surface area contributed by atoms with Crippen molar-refractivity contribution in [2.45, 2.75) is 32.4 Å². The first-order valence-corrected chi connectivity index (χ1v) is 8.53. The highest BCUT2D eigenvalue weighted by atomic mass is 32.0. The maximum atomic E-state index is 12.0. The van der Waals surface area contributed by atoms with Crippen molar-refractivity contribution in [3.05, 3.63) is 0 Å². The number of ketones is 1. The molecule has 0 spiro atoms. The predicted octanol–water partition coefficient (Wildman–Crippen LogP) is 0.487. The number of nitrogens with one attached hydrogen (secondary N) is 1. The number of amides is 1. The monoisotopic (exact) mass is 312 g/mol. The minimum atomic E-state index is -0.712. The Balaban J connectivity index is 4.60. The standard InChI is InChI=1S/C9H19N2O4P3/c1-5(6(2)12)11(3)9(14)7(10-16)4-8(13)15-18-17/h5,7,10,18H,4,16-17H2,1-3H3. The largest absolute Gasteiger partial charge is 0.444 e. The van der Waals surface area contributed by atoms with Gasteiger partial charge < -0.3 is 9.42 Å². The van der Waals surface area contributed by atoms with Crippen LogP contribution in [0.4, 0.5) is 0 Å². The summed E-state index contributed by atoms with van der Waals surface area (Å²) in [5, 5.41) is 2.68. The molecule has 9 heteroatoms. The first kappa shape index (κ1) is 17.9. The van der Waals surface area contributed by atoms with E-state index in [-0.39, 0.29) is 26.6 Å². The summed E-state index contributed by atoms with van der Waals surface area (Å²) in [7, 11) is 5.99. The molecule has 0 heterocycles. The number of Topliss-reactive ketones (excluding diaryl/α,β-unsaturated/α-hetero) is 1. The zero-order valence-corrected chi connectivity index (χ0v) is 13.9. The van der Waals surface area contributed by atoms with E-state index >= 15 is 0 Å². The summed E-state index contributed by atoms with van der Waals surface area (Å²) >= 11 is 0. The number of carbonyl (C=O) groups is 3. The van der Waals surface area contributed by atoms with Crippen molar-refractivity contribution in [1.29, 1.82) is 0 Å². The Labute approximate surface area is 113 Å². The number of carbonyl (C=O) groups excluding carboxylic acids is 3. The zero-order valence-electron chi connectivity index (χ0n) is 10.6. The fourth-order valence-corrected chi connectivity index (χ4v) is 2.07. The average Bonchev–Trinajstić information content (AvgIpc) is 2.33. The molecule has 0 aromatic rings. The molecule has 0 aliphatic heterocycles. The van der Waals surface area contributed by atoms with Crippen molar-refractivity contribution in [3.8, 4) is 0 Å². The summed E-state index contributed by atoms with van der Waals surface area (Å²) in [5.41, 5.74) is 0. The van der Waals surface area contributed by atoms with Crippen molar-refractivity contribution in [3.63, 3.8) is 0 Å². The van der Waals surface area contributed by atoms with Gasteiger partial charge in [-0.15, -0.1) is 0 Å². The molecular formula is C9H19N2O4P3. The van der Waals surface area contributed by atoms with Gasteiger partial charge in [0.05, 0.1) is 21.0 Å². The molecule has 0 saturated heterocycles. The molecule has 104 valence electrons. The predicted molar refractivity (Wildman–Crippen MR) is 78.3 cm³/mol. The Morgan fingerprint density at radius 2 is 2.00 bits per heavy atom. The second kappa shape index (κ2) is 8.87. The molecule has 1 N–H and O–H groups in total. The molecule has 6 nitrogen and oxygen atoms in total. The van der Waals surface area contributed by atoms with Crippen molar-refractivity contribution < 1.29 is 18.9 Å². The Kier molecular flexibility index (Phi) is 8.81. The van der Waals surface area contributed by atoms with Crippen LogP contribution in [-0.2, 0) is 18.9 Å². The molecule has 0 aromatic carbocycles. The van der Waals surface area contributed by atoms with Gasteiger partial charge in [-0.25, -0.2) is 0 Å². The van der Waals surface area contributed by atoms with E-state index in [0.29, 0.717) is 0 Å². The van der Waals surface area contributed by atoms with E-state index in [9.17, 15) is 14.4 Å². The quantitative estimate of drug-likeness (QED) is 0.692. The third-order valence-corrected chi connectivity index (χ3v) is 3.66. The molecule has 0 aromatic heterocycles. The van der Waals surface area contributed by atoms with Crippen molar-refractivity contribution in [2.24, 2.45) is 0 Å². The molecule has 0 aliphatic carbocycles. The van der Waals surface area contributed by atoms with E-state index in [1.54, 1.807) is 6.92 Å². The first-order valence-electron chi connectivity index (χ1n) is 5.23. The lowest BCUT2D eigenvalue weighted by Crippen LogP contribution is -2.48. The number of likely N-dealkylation sites (N-methyl/N-ethyl adjacent to an activating group) is 1. The second-order valence-corrected chi connectivity index (χ2v) is 5.23. The summed E-state index contributed by atoms with van der Waals surface area (Å²) < 4.78 is 4.78. The summed E-state index contributed by atoms with van der Waals surface area (Å²) in [6, 6.07) is -1.23. The zero-order chi connectivity index (χ0) is 14.3. The van der Waals surface area contributed by atoms with Gasteiger partial charge in [-0.3, -0.25) is 19.5 Å². The molecular weight excluding hydrogens is 293 g/mol. The Morgan fingerprint density at radius 1 is 1.44 bits per heavy atom. The minimum absolute atomic E-state index is 0.0280. The number of nitrogens with zero attached hydrogens (tertiary/aromatic N) is 1. The maximum absolute atomic E-state index is 12.0. The van der Waals surface area contributed by atoms with Crippen LogP contribution in [0, 0.1) is 0 Å². The van der Waals surface area contributed by atoms with Crippen LogP contribution in [0.15, 0.2) is 0 Å². The molecule has 0 rings (SSSR count). The molecule has 0 radical (unpaired) electrons. The number of rotatable bonds is 7. The summed E-state index contributed by atoms with van der Waals surface area (Å²) in [5.74, 6) is -0.889. The van der Waals surface area contributed by atoms with Crippen LogP contribution in [-0.4, -0.2) is 41.7 Å². The molecule has 18 heavy (non-hydrogen) atoms. The van der Waals surface area contributed by atoms with Crippen LogP contribution in [0.1, 0.15) is 20.3 Å². The third kappa shape index (κ3) is 5.67. The molecule has 0 aliphatic rings.